The molecule has 0 bridgehead atoms. The predicted molar refractivity (Wildman–Crippen MR) is 104 cm³/mol. The molecular weight excluding hydrogens is 368 g/mol. The van der Waals surface area contributed by atoms with Gasteiger partial charge in [-0.25, -0.2) is 9.78 Å². The van der Waals surface area contributed by atoms with Gasteiger partial charge < -0.3 is 9.88 Å². The van der Waals surface area contributed by atoms with Crippen LogP contribution in [0.25, 0.3) is 11.3 Å². The lowest BCUT2D eigenvalue weighted by atomic mass is 10.2. The van der Waals surface area contributed by atoms with Gasteiger partial charge in [-0.15, -0.1) is 11.3 Å². The summed E-state index contributed by atoms with van der Waals surface area (Å²) >= 11 is 2.84. The Kier molecular flexibility index (Phi) is 6.08. The normalized spacial score (nSPS) is 10.5. The standard InChI is InChI=1S/C18H18N4O2S2/c1-22-15(13-6-3-2-4-7-13)11-20-18(22)26-12-16(23)21-17(24)19-10-14-8-5-9-25-14/h2-9,11H,10,12H2,1H3,(H2,19,21,23,24). The number of nitrogens with one attached hydrogen (secondary N) is 2. The van der Waals surface area contributed by atoms with E-state index in [-0.39, 0.29) is 11.7 Å². The Hall–Kier alpha value is -2.58. The summed E-state index contributed by atoms with van der Waals surface area (Å²) in [5.41, 5.74) is 2.04. The first-order valence-electron chi connectivity index (χ1n) is 7.93. The van der Waals surface area contributed by atoms with Crippen LogP contribution in [0, 0.1) is 0 Å². The molecule has 0 aliphatic rings. The lowest BCUT2D eigenvalue weighted by molar-refractivity contribution is -0.117. The molecule has 2 N–H and O–H groups in total. The summed E-state index contributed by atoms with van der Waals surface area (Å²) in [5.74, 6) is -0.242. The molecule has 3 amide bonds. The van der Waals surface area contributed by atoms with Crippen LogP contribution in [0.1, 0.15) is 4.88 Å². The van der Waals surface area contributed by atoms with E-state index < -0.39 is 6.03 Å². The molecule has 0 unspecified atom stereocenters. The number of nitrogens with zero attached hydrogens (tertiary/aromatic N) is 2. The summed E-state index contributed by atoms with van der Waals surface area (Å²) in [7, 11) is 1.91. The first-order chi connectivity index (χ1) is 12.6. The number of rotatable bonds is 6. The Bertz CT molecular complexity index is 876. The van der Waals surface area contributed by atoms with Crippen molar-refractivity contribution in [2.45, 2.75) is 11.7 Å². The van der Waals surface area contributed by atoms with Gasteiger partial charge in [0, 0.05) is 11.9 Å². The highest BCUT2D eigenvalue weighted by atomic mass is 32.2. The largest absolute Gasteiger partial charge is 0.333 e. The molecule has 2 aromatic heterocycles. The smallest absolute Gasteiger partial charge is 0.321 e. The van der Waals surface area contributed by atoms with Crippen molar-refractivity contribution < 1.29 is 9.59 Å². The van der Waals surface area contributed by atoms with Crippen LogP contribution in [0.3, 0.4) is 0 Å². The van der Waals surface area contributed by atoms with E-state index in [9.17, 15) is 9.59 Å². The van der Waals surface area contributed by atoms with Gasteiger partial charge in [-0.3, -0.25) is 10.1 Å². The molecule has 0 saturated carbocycles. The molecule has 8 heteroatoms. The van der Waals surface area contributed by atoms with Crippen LogP contribution in [-0.2, 0) is 18.4 Å². The van der Waals surface area contributed by atoms with Crippen LogP contribution in [0.5, 0.6) is 0 Å². The van der Waals surface area contributed by atoms with Gasteiger partial charge in [0.15, 0.2) is 5.16 Å². The van der Waals surface area contributed by atoms with E-state index in [1.54, 1.807) is 17.5 Å². The summed E-state index contributed by atoms with van der Waals surface area (Å²) in [6, 6.07) is 13.3. The Labute approximate surface area is 159 Å². The van der Waals surface area contributed by atoms with Crippen molar-refractivity contribution in [3.63, 3.8) is 0 Å². The molecule has 3 aromatic rings. The molecule has 134 valence electrons. The number of imidazole rings is 1. The number of amides is 3. The first-order valence-corrected chi connectivity index (χ1v) is 9.80. The minimum absolute atomic E-state index is 0.117. The minimum atomic E-state index is -0.492. The van der Waals surface area contributed by atoms with Crippen molar-refractivity contribution in [3.05, 3.63) is 58.9 Å². The summed E-state index contributed by atoms with van der Waals surface area (Å²) in [5, 5.41) is 7.65. The lowest BCUT2D eigenvalue weighted by Crippen LogP contribution is -2.39. The third-order valence-corrected chi connectivity index (χ3v) is 5.52. The van der Waals surface area contributed by atoms with Crippen LogP contribution in [-0.4, -0.2) is 27.2 Å². The molecule has 6 nitrogen and oxygen atoms in total. The zero-order valence-electron chi connectivity index (χ0n) is 14.1. The van der Waals surface area contributed by atoms with Gasteiger partial charge >= 0.3 is 6.03 Å². The zero-order chi connectivity index (χ0) is 18.4. The number of carbonyl (C=O) groups is 2. The van der Waals surface area contributed by atoms with Crippen molar-refractivity contribution in [2.75, 3.05) is 5.75 Å². The molecule has 0 atom stereocenters. The van der Waals surface area contributed by atoms with Crippen LogP contribution in [0.2, 0.25) is 0 Å². The molecule has 2 heterocycles. The van der Waals surface area contributed by atoms with E-state index in [1.165, 1.54) is 11.8 Å². The number of imide groups is 1. The summed E-state index contributed by atoms with van der Waals surface area (Å²) in [6.07, 6.45) is 1.78. The van der Waals surface area contributed by atoms with Crippen molar-refractivity contribution >= 4 is 35.0 Å². The van der Waals surface area contributed by atoms with E-state index in [0.29, 0.717) is 6.54 Å². The summed E-state index contributed by atoms with van der Waals surface area (Å²) in [4.78, 5) is 29.1. The fourth-order valence-electron chi connectivity index (χ4n) is 2.32. The molecule has 1 aromatic carbocycles. The molecule has 0 fully saturated rings. The van der Waals surface area contributed by atoms with E-state index in [2.05, 4.69) is 15.6 Å². The van der Waals surface area contributed by atoms with Gasteiger partial charge in [0.05, 0.1) is 24.2 Å². The van der Waals surface area contributed by atoms with Gasteiger partial charge in [-0.05, 0) is 17.0 Å². The maximum atomic E-state index is 11.9. The molecule has 0 aliphatic carbocycles. The van der Waals surface area contributed by atoms with Crippen LogP contribution in [0.15, 0.2) is 59.2 Å². The fourth-order valence-corrected chi connectivity index (χ4v) is 3.72. The maximum absolute atomic E-state index is 11.9. The summed E-state index contributed by atoms with van der Waals surface area (Å²) in [6.45, 7) is 0.406. The Morgan fingerprint density at radius 3 is 2.73 bits per heavy atom. The van der Waals surface area contributed by atoms with Crippen LogP contribution >= 0.6 is 23.1 Å². The van der Waals surface area contributed by atoms with E-state index in [1.807, 2.05) is 59.5 Å². The third-order valence-electron chi connectivity index (χ3n) is 3.60. The highest BCUT2D eigenvalue weighted by molar-refractivity contribution is 7.99. The Balaban J connectivity index is 1.49. The third kappa shape index (κ3) is 4.74. The monoisotopic (exact) mass is 386 g/mol. The van der Waals surface area contributed by atoms with Gasteiger partial charge in [-0.1, -0.05) is 48.2 Å². The number of carbonyl (C=O) groups excluding carboxylic acids is 2. The second-order valence-corrected chi connectivity index (χ2v) is 7.42. The van der Waals surface area contributed by atoms with E-state index in [0.717, 1.165) is 21.3 Å². The molecule has 26 heavy (non-hydrogen) atoms. The number of benzene rings is 1. The first kappa shape index (κ1) is 18.2. The van der Waals surface area contributed by atoms with Crippen molar-refractivity contribution in [2.24, 2.45) is 7.05 Å². The van der Waals surface area contributed by atoms with Gasteiger partial charge in [-0.2, -0.15) is 0 Å². The quantitative estimate of drug-likeness (QED) is 0.638. The second kappa shape index (κ2) is 8.68. The number of hydrogen-bond donors (Lipinski definition) is 2. The molecular formula is C18H18N4O2S2. The topological polar surface area (TPSA) is 76.0 Å². The van der Waals surface area contributed by atoms with Gasteiger partial charge in [0.25, 0.3) is 0 Å². The van der Waals surface area contributed by atoms with Crippen LogP contribution < -0.4 is 10.6 Å². The SMILES string of the molecule is Cn1c(-c2ccccc2)cnc1SCC(=O)NC(=O)NCc1cccs1. The number of urea groups is 1. The van der Waals surface area contributed by atoms with Crippen molar-refractivity contribution in [1.82, 2.24) is 20.2 Å². The summed E-state index contributed by atoms with van der Waals surface area (Å²) < 4.78 is 1.93. The molecule has 0 radical (unpaired) electrons. The number of aromatic nitrogens is 2. The van der Waals surface area contributed by atoms with Gasteiger partial charge in [0.2, 0.25) is 5.91 Å². The van der Waals surface area contributed by atoms with E-state index >= 15 is 0 Å². The van der Waals surface area contributed by atoms with Gasteiger partial charge in [0.1, 0.15) is 0 Å². The zero-order valence-corrected chi connectivity index (χ0v) is 15.8. The highest BCUT2D eigenvalue weighted by Gasteiger charge is 2.12. The molecule has 3 rings (SSSR count). The highest BCUT2D eigenvalue weighted by Crippen LogP contribution is 2.24. The fraction of sp³-hybridized carbons (Fsp3) is 0.167. The van der Waals surface area contributed by atoms with E-state index in [4.69, 9.17) is 0 Å². The maximum Gasteiger partial charge on any atom is 0.321 e. The molecule has 0 spiro atoms. The Morgan fingerprint density at radius 1 is 1.19 bits per heavy atom. The number of hydrogen-bond acceptors (Lipinski definition) is 5. The number of thioether (sulfide) groups is 1. The lowest BCUT2D eigenvalue weighted by Gasteiger charge is -2.07. The average Bonchev–Trinajstić information content (AvgIpc) is 3.29. The van der Waals surface area contributed by atoms with Crippen molar-refractivity contribution in [3.8, 4) is 11.3 Å². The van der Waals surface area contributed by atoms with Crippen molar-refractivity contribution in [1.29, 1.82) is 0 Å². The van der Waals surface area contributed by atoms with Crippen LogP contribution in [0.4, 0.5) is 4.79 Å². The molecule has 0 aliphatic heterocycles. The second-order valence-electron chi connectivity index (χ2n) is 5.45. The predicted octanol–water partition coefficient (Wildman–Crippen LogP) is 3.27. The Morgan fingerprint density at radius 2 is 2.00 bits per heavy atom. The minimum Gasteiger partial charge on any atom is -0.333 e. The molecule has 0 saturated heterocycles. The number of thiophene rings is 1. The average molecular weight is 387 g/mol.